The average molecular weight is 502 g/mol. The van der Waals surface area contributed by atoms with Crippen molar-refractivity contribution in [3.8, 4) is 11.5 Å². The highest BCUT2D eigenvalue weighted by Gasteiger charge is 2.35. The number of amides is 2. The highest BCUT2D eigenvalue weighted by molar-refractivity contribution is 8.18. The Morgan fingerprint density at radius 3 is 2.50 bits per heavy atom. The second-order valence-electron chi connectivity index (χ2n) is 7.26. The fraction of sp³-hybridized carbons (Fsp3) is 0.120. The number of carbonyl (C=O) groups is 2. The quantitative estimate of drug-likeness (QED) is 0.349. The van der Waals surface area contributed by atoms with Gasteiger partial charge in [-0.1, -0.05) is 41.9 Å². The summed E-state index contributed by atoms with van der Waals surface area (Å²) in [6, 6.07) is 15.3. The summed E-state index contributed by atoms with van der Waals surface area (Å²) in [5.41, 5.74) is 1.01. The number of thioether (sulfide) groups is 1. The average Bonchev–Trinajstić information content (AvgIpc) is 3.07. The Labute approximate surface area is 203 Å². The van der Waals surface area contributed by atoms with Crippen LogP contribution < -0.4 is 9.47 Å². The zero-order chi connectivity index (χ0) is 24.2. The molecule has 0 N–H and O–H groups in total. The van der Waals surface area contributed by atoms with E-state index in [1.54, 1.807) is 30.3 Å². The topological polar surface area (TPSA) is 55.8 Å². The van der Waals surface area contributed by atoms with Crippen molar-refractivity contribution < 1.29 is 27.8 Å². The van der Waals surface area contributed by atoms with E-state index in [4.69, 9.17) is 21.1 Å². The Kier molecular flexibility index (Phi) is 7.19. The van der Waals surface area contributed by atoms with Gasteiger partial charge in [-0.2, -0.15) is 0 Å². The van der Waals surface area contributed by atoms with Gasteiger partial charge in [0.15, 0.2) is 11.5 Å². The molecule has 174 valence electrons. The normalized spacial score (nSPS) is 14.7. The number of hydrogen-bond acceptors (Lipinski definition) is 5. The molecule has 2 amide bonds. The Bertz CT molecular complexity index is 1280. The van der Waals surface area contributed by atoms with Gasteiger partial charge < -0.3 is 9.47 Å². The van der Waals surface area contributed by atoms with Crippen LogP contribution in [0.5, 0.6) is 11.5 Å². The number of imide groups is 1. The Morgan fingerprint density at radius 2 is 1.76 bits per heavy atom. The van der Waals surface area contributed by atoms with Crippen LogP contribution >= 0.6 is 23.4 Å². The first-order valence-corrected chi connectivity index (χ1v) is 11.3. The van der Waals surface area contributed by atoms with Crippen molar-refractivity contribution in [2.24, 2.45) is 0 Å². The van der Waals surface area contributed by atoms with Crippen molar-refractivity contribution in [3.05, 3.63) is 98.9 Å². The monoisotopic (exact) mass is 501 g/mol. The molecule has 1 saturated heterocycles. The molecular weight excluding hydrogens is 484 g/mol. The molecular formula is C25H18ClF2NO4S. The molecule has 0 aliphatic carbocycles. The predicted octanol–water partition coefficient (Wildman–Crippen LogP) is 6.44. The number of nitrogens with zero attached hydrogens (tertiary/aromatic N) is 1. The number of hydrogen-bond donors (Lipinski definition) is 0. The molecule has 9 heteroatoms. The van der Waals surface area contributed by atoms with Crippen LogP contribution in [0.1, 0.15) is 16.7 Å². The standard InChI is InChI=1S/C25H18ClF2NO4S/c1-32-21-10-9-15(11-22(21)33-14-17-18(26)6-4-8-20(17)28)12-23-24(30)29(25(31)34-23)13-16-5-2-3-7-19(16)27/h2-12H,13-14H2,1H3/b23-12-. The van der Waals surface area contributed by atoms with Gasteiger partial charge >= 0.3 is 0 Å². The van der Waals surface area contributed by atoms with E-state index in [1.165, 1.54) is 43.5 Å². The van der Waals surface area contributed by atoms with Gasteiger partial charge in [0.25, 0.3) is 11.1 Å². The summed E-state index contributed by atoms with van der Waals surface area (Å²) in [5.74, 6) is -0.795. The second-order valence-corrected chi connectivity index (χ2v) is 8.66. The maximum Gasteiger partial charge on any atom is 0.293 e. The van der Waals surface area contributed by atoms with E-state index in [9.17, 15) is 18.4 Å². The van der Waals surface area contributed by atoms with Crippen molar-refractivity contribution >= 4 is 40.6 Å². The molecule has 1 aliphatic heterocycles. The van der Waals surface area contributed by atoms with Gasteiger partial charge in [0.2, 0.25) is 0 Å². The predicted molar refractivity (Wildman–Crippen MR) is 127 cm³/mol. The van der Waals surface area contributed by atoms with E-state index in [2.05, 4.69) is 0 Å². The first-order valence-electron chi connectivity index (χ1n) is 10.1. The third-order valence-corrected chi connectivity index (χ3v) is 6.34. The summed E-state index contributed by atoms with van der Waals surface area (Å²) in [7, 11) is 1.46. The minimum atomic E-state index is -0.519. The molecule has 3 aromatic carbocycles. The van der Waals surface area contributed by atoms with Crippen LogP contribution in [0.2, 0.25) is 5.02 Å². The molecule has 1 heterocycles. The molecule has 34 heavy (non-hydrogen) atoms. The zero-order valence-electron chi connectivity index (χ0n) is 17.9. The second kappa shape index (κ2) is 10.3. The molecule has 1 aliphatic rings. The SMILES string of the molecule is COc1ccc(/C=C2\SC(=O)N(Cc3ccccc3F)C2=O)cc1OCc1c(F)cccc1Cl. The minimum Gasteiger partial charge on any atom is -0.493 e. The van der Waals surface area contributed by atoms with Crippen LogP contribution in [-0.4, -0.2) is 23.2 Å². The fourth-order valence-corrected chi connectivity index (χ4v) is 4.36. The van der Waals surface area contributed by atoms with Gasteiger partial charge in [-0.15, -0.1) is 0 Å². The zero-order valence-corrected chi connectivity index (χ0v) is 19.5. The Morgan fingerprint density at radius 1 is 1.00 bits per heavy atom. The minimum absolute atomic E-state index is 0.134. The van der Waals surface area contributed by atoms with Crippen molar-refractivity contribution in [2.75, 3.05) is 7.11 Å². The molecule has 0 unspecified atom stereocenters. The van der Waals surface area contributed by atoms with Gasteiger partial charge in [-0.25, -0.2) is 8.78 Å². The molecule has 0 atom stereocenters. The van der Waals surface area contributed by atoms with E-state index in [0.717, 1.165) is 16.7 Å². The Balaban J connectivity index is 1.55. The van der Waals surface area contributed by atoms with Crippen LogP contribution in [0.4, 0.5) is 13.6 Å². The summed E-state index contributed by atoms with van der Waals surface area (Å²) in [5, 5.41) is -0.252. The number of ether oxygens (including phenoxy) is 2. The molecule has 3 aromatic rings. The lowest BCUT2D eigenvalue weighted by atomic mass is 10.1. The lowest BCUT2D eigenvalue weighted by Crippen LogP contribution is -2.27. The third kappa shape index (κ3) is 5.08. The molecule has 0 bridgehead atoms. The number of benzene rings is 3. The summed E-state index contributed by atoms with van der Waals surface area (Å²) in [4.78, 5) is 26.4. The molecule has 0 aromatic heterocycles. The van der Waals surface area contributed by atoms with E-state index in [0.29, 0.717) is 17.1 Å². The summed E-state index contributed by atoms with van der Waals surface area (Å²) in [6.07, 6.45) is 1.54. The highest BCUT2D eigenvalue weighted by Crippen LogP contribution is 2.36. The summed E-state index contributed by atoms with van der Waals surface area (Å²) in [6.45, 7) is -0.292. The van der Waals surface area contributed by atoms with Crippen LogP contribution in [-0.2, 0) is 17.9 Å². The van der Waals surface area contributed by atoms with Gasteiger partial charge in [-0.3, -0.25) is 14.5 Å². The fourth-order valence-electron chi connectivity index (χ4n) is 3.30. The highest BCUT2D eigenvalue weighted by atomic mass is 35.5. The van der Waals surface area contributed by atoms with Crippen LogP contribution in [0.25, 0.3) is 6.08 Å². The third-order valence-electron chi connectivity index (χ3n) is 5.08. The molecule has 1 fully saturated rings. The van der Waals surface area contributed by atoms with Gasteiger partial charge in [0.1, 0.15) is 18.2 Å². The lowest BCUT2D eigenvalue weighted by molar-refractivity contribution is -0.123. The maximum atomic E-state index is 14.1. The molecule has 5 nitrogen and oxygen atoms in total. The Hall–Kier alpha value is -3.36. The van der Waals surface area contributed by atoms with Crippen LogP contribution in [0, 0.1) is 11.6 Å². The van der Waals surface area contributed by atoms with Gasteiger partial charge in [0.05, 0.1) is 23.6 Å². The van der Waals surface area contributed by atoms with Crippen molar-refractivity contribution in [3.63, 3.8) is 0 Å². The van der Waals surface area contributed by atoms with Crippen LogP contribution in [0.3, 0.4) is 0 Å². The number of halogens is 3. The van der Waals surface area contributed by atoms with E-state index in [1.807, 2.05) is 0 Å². The molecule has 0 radical (unpaired) electrons. The first-order chi connectivity index (χ1) is 16.4. The van der Waals surface area contributed by atoms with Crippen LogP contribution in [0.15, 0.2) is 65.6 Å². The van der Waals surface area contributed by atoms with E-state index in [-0.39, 0.29) is 34.2 Å². The molecule has 4 rings (SSSR count). The van der Waals surface area contributed by atoms with Gasteiger partial charge in [-0.05, 0) is 53.7 Å². The number of carbonyl (C=O) groups excluding carboxylic acids is 2. The van der Waals surface area contributed by atoms with Crippen molar-refractivity contribution in [2.45, 2.75) is 13.2 Å². The number of rotatable bonds is 7. The smallest absolute Gasteiger partial charge is 0.293 e. The summed E-state index contributed by atoms with van der Waals surface area (Å²) >= 11 is 6.83. The van der Waals surface area contributed by atoms with Crippen molar-refractivity contribution in [1.82, 2.24) is 4.90 Å². The van der Waals surface area contributed by atoms with Gasteiger partial charge in [0, 0.05) is 11.1 Å². The van der Waals surface area contributed by atoms with Crippen molar-refractivity contribution in [1.29, 1.82) is 0 Å². The molecule has 0 spiro atoms. The largest absolute Gasteiger partial charge is 0.493 e. The van der Waals surface area contributed by atoms with E-state index < -0.39 is 22.8 Å². The maximum absolute atomic E-state index is 14.1. The summed E-state index contributed by atoms with van der Waals surface area (Å²) < 4.78 is 39.1. The first kappa shape index (κ1) is 23.8. The lowest BCUT2D eigenvalue weighted by Gasteiger charge is -2.13. The van der Waals surface area contributed by atoms with E-state index >= 15 is 0 Å². The molecule has 0 saturated carbocycles. The number of methoxy groups -OCH3 is 1.